The lowest BCUT2D eigenvalue weighted by Crippen LogP contribution is -2.29. The molecule has 1 fully saturated rings. The number of hydrogen-bond acceptors (Lipinski definition) is 6. The van der Waals surface area contributed by atoms with Crippen LogP contribution in [-0.4, -0.2) is 38.1 Å². The summed E-state index contributed by atoms with van der Waals surface area (Å²) in [6.45, 7) is 2.04. The largest absolute Gasteiger partial charge is 0.507 e. The number of carbonyl (C=O) groups excluding carboxylic acids is 2. The van der Waals surface area contributed by atoms with Crippen molar-refractivity contribution in [2.24, 2.45) is 0 Å². The van der Waals surface area contributed by atoms with E-state index in [-0.39, 0.29) is 21.9 Å². The predicted octanol–water partition coefficient (Wildman–Crippen LogP) is 5.55. The molecule has 0 aromatic heterocycles. The number of rotatable bonds is 7. The third-order valence-corrected chi connectivity index (χ3v) is 6.55. The van der Waals surface area contributed by atoms with E-state index in [4.69, 9.17) is 25.8 Å². The van der Waals surface area contributed by atoms with E-state index in [0.717, 1.165) is 12.0 Å². The van der Waals surface area contributed by atoms with Gasteiger partial charge in [0, 0.05) is 17.3 Å². The van der Waals surface area contributed by atoms with Gasteiger partial charge >= 0.3 is 0 Å². The third kappa shape index (κ3) is 4.38. The average Bonchev–Trinajstić information content (AvgIpc) is 3.18. The molecule has 1 aliphatic rings. The molecule has 3 aromatic rings. The minimum atomic E-state index is -0.906. The van der Waals surface area contributed by atoms with Gasteiger partial charge in [-0.3, -0.25) is 14.5 Å². The summed E-state index contributed by atoms with van der Waals surface area (Å²) in [5.74, 6) is -0.681. The van der Waals surface area contributed by atoms with Crippen LogP contribution in [0.3, 0.4) is 0 Å². The summed E-state index contributed by atoms with van der Waals surface area (Å²) in [7, 11) is 4.48. The Kier molecular flexibility index (Phi) is 7.22. The molecule has 1 aliphatic heterocycles. The van der Waals surface area contributed by atoms with Gasteiger partial charge in [-0.25, -0.2) is 0 Å². The molecule has 0 bridgehead atoms. The first-order chi connectivity index (χ1) is 17.3. The number of methoxy groups -OCH3 is 3. The highest BCUT2D eigenvalue weighted by Gasteiger charge is 2.47. The second kappa shape index (κ2) is 10.3. The fourth-order valence-corrected chi connectivity index (χ4v) is 4.49. The zero-order chi connectivity index (χ0) is 26.0. The number of ether oxygens (including phenoxy) is 3. The van der Waals surface area contributed by atoms with Crippen LogP contribution in [-0.2, 0) is 16.0 Å². The zero-order valence-electron chi connectivity index (χ0n) is 20.4. The van der Waals surface area contributed by atoms with Crippen molar-refractivity contribution in [3.63, 3.8) is 0 Å². The van der Waals surface area contributed by atoms with Crippen LogP contribution in [0.1, 0.15) is 29.7 Å². The van der Waals surface area contributed by atoms with Crippen molar-refractivity contribution >= 4 is 34.7 Å². The number of amides is 1. The zero-order valence-corrected chi connectivity index (χ0v) is 21.1. The van der Waals surface area contributed by atoms with Crippen molar-refractivity contribution in [2.45, 2.75) is 19.4 Å². The average molecular weight is 508 g/mol. The molecule has 1 N–H and O–H groups in total. The van der Waals surface area contributed by atoms with Crippen molar-refractivity contribution in [1.29, 1.82) is 0 Å². The van der Waals surface area contributed by atoms with Crippen LogP contribution < -0.4 is 19.1 Å². The molecule has 186 valence electrons. The molecular weight excluding hydrogens is 482 g/mol. The lowest BCUT2D eigenvalue weighted by molar-refractivity contribution is -0.132. The summed E-state index contributed by atoms with van der Waals surface area (Å²) >= 11 is 6.38. The van der Waals surface area contributed by atoms with Crippen LogP contribution in [0.25, 0.3) is 5.76 Å². The molecular formula is C28H26ClNO6. The number of Topliss-reactive ketones (excluding diaryl/α,β-unsaturated/α-hetero) is 1. The van der Waals surface area contributed by atoms with E-state index in [1.54, 1.807) is 30.3 Å². The normalized spacial score (nSPS) is 16.8. The standard InChI is InChI=1S/C28H26ClNO6/c1-5-16-6-8-17(9-7-16)25-24(26(31)20-15-19(34-2)11-12-21(20)29)27(32)28(33)30(25)18-10-13-22(35-3)23(14-18)36-4/h6-15,25,31H,5H2,1-4H3/b26-24+. The molecule has 0 aliphatic carbocycles. The summed E-state index contributed by atoms with van der Waals surface area (Å²) in [5, 5.41) is 11.6. The first-order valence-corrected chi connectivity index (χ1v) is 11.7. The number of halogens is 1. The van der Waals surface area contributed by atoms with Gasteiger partial charge in [0.15, 0.2) is 11.5 Å². The van der Waals surface area contributed by atoms with Gasteiger partial charge in [-0.15, -0.1) is 0 Å². The quantitative estimate of drug-likeness (QED) is 0.256. The molecule has 1 saturated heterocycles. The Morgan fingerprint density at radius 1 is 0.917 bits per heavy atom. The Morgan fingerprint density at radius 2 is 1.61 bits per heavy atom. The fourth-order valence-electron chi connectivity index (χ4n) is 4.28. The molecule has 0 spiro atoms. The Balaban J connectivity index is 1.96. The predicted molar refractivity (Wildman–Crippen MR) is 138 cm³/mol. The minimum absolute atomic E-state index is 0.0748. The SMILES string of the molecule is CCc1ccc(C2/C(=C(\O)c3cc(OC)ccc3Cl)C(=O)C(=O)N2c2ccc(OC)c(OC)c2)cc1. The molecule has 1 unspecified atom stereocenters. The number of aryl methyl sites for hydroxylation is 1. The first kappa shape index (κ1) is 25.1. The van der Waals surface area contributed by atoms with E-state index in [1.807, 2.05) is 31.2 Å². The van der Waals surface area contributed by atoms with Gasteiger partial charge < -0.3 is 19.3 Å². The van der Waals surface area contributed by atoms with Crippen LogP contribution in [0.5, 0.6) is 17.2 Å². The number of aliphatic hydroxyl groups is 1. The van der Waals surface area contributed by atoms with Crippen LogP contribution in [0.4, 0.5) is 5.69 Å². The van der Waals surface area contributed by atoms with Crippen molar-refractivity contribution in [1.82, 2.24) is 0 Å². The Morgan fingerprint density at radius 3 is 2.22 bits per heavy atom. The Hall–Kier alpha value is -3.97. The van der Waals surface area contributed by atoms with Gasteiger partial charge in [-0.1, -0.05) is 42.8 Å². The third-order valence-electron chi connectivity index (χ3n) is 6.22. The van der Waals surface area contributed by atoms with Crippen LogP contribution >= 0.6 is 11.6 Å². The maximum atomic E-state index is 13.4. The maximum absolute atomic E-state index is 13.4. The van der Waals surface area contributed by atoms with Crippen molar-refractivity contribution < 1.29 is 28.9 Å². The summed E-state index contributed by atoms with van der Waals surface area (Å²) < 4.78 is 16.0. The summed E-state index contributed by atoms with van der Waals surface area (Å²) in [4.78, 5) is 28.2. The number of ketones is 1. The highest BCUT2D eigenvalue weighted by atomic mass is 35.5. The Bertz CT molecular complexity index is 1350. The van der Waals surface area contributed by atoms with E-state index < -0.39 is 17.7 Å². The second-order valence-electron chi connectivity index (χ2n) is 8.15. The molecule has 4 rings (SSSR count). The van der Waals surface area contributed by atoms with Crippen LogP contribution in [0.2, 0.25) is 5.02 Å². The van der Waals surface area contributed by atoms with Crippen molar-refractivity contribution in [3.05, 3.63) is 87.9 Å². The molecule has 36 heavy (non-hydrogen) atoms. The first-order valence-electron chi connectivity index (χ1n) is 11.3. The van der Waals surface area contributed by atoms with Crippen LogP contribution in [0, 0.1) is 0 Å². The molecule has 3 aromatic carbocycles. The maximum Gasteiger partial charge on any atom is 0.300 e. The summed E-state index contributed by atoms with van der Waals surface area (Å²) in [6.07, 6.45) is 0.829. The van der Waals surface area contributed by atoms with Gasteiger partial charge in [0.1, 0.15) is 11.5 Å². The van der Waals surface area contributed by atoms with Gasteiger partial charge in [0.25, 0.3) is 11.7 Å². The molecule has 0 radical (unpaired) electrons. The smallest absolute Gasteiger partial charge is 0.300 e. The van der Waals surface area contributed by atoms with E-state index in [0.29, 0.717) is 28.5 Å². The Labute approximate surface area is 214 Å². The molecule has 8 heteroatoms. The van der Waals surface area contributed by atoms with Gasteiger partial charge in [0.05, 0.1) is 38.0 Å². The van der Waals surface area contributed by atoms with E-state index in [9.17, 15) is 14.7 Å². The van der Waals surface area contributed by atoms with Crippen molar-refractivity contribution in [3.8, 4) is 17.2 Å². The van der Waals surface area contributed by atoms with E-state index in [1.165, 1.54) is 32.3 Å². The van der Waals surface area contributed by atoms with E-state index >= 15 is 0 Å². The molecule has 7 nitrogen and oxygen atoms in total. The summed E-state index contributed by atoms with van der Waals surface area (Å²) in [5.41, 5.74) is 2.28. The molecule has 0 saturated carbocycles. The highest BCUT2D eigenvalue weighted by Crippen LogP contribution is 2.45. The number of benzene rings is 3. The highest BCUT2D eigenvalue weighted by molar-refractivity contribution is 6.52. The number of carbonyl (C=O) groups is 2. The number of hydrogen-bond donors (Lipinski definition) is 1. The lowest BCUT2D eigenvalue weighted by atomic mass is 9.94. The minimum Gasteiger partial charge on any atom is -0.507 e. The van der Waals surface area contributed by atoms with Crippen molar-refractivity contribution in [2.75, 3.05) is 26.2 Å². The molecule has 1 amide bonds. The second-order valence-corrected chi connectivity index (χ2v) is 8.56. The van der Waals surface area contributed by atoms with Gasteiger partial charge in [-0.05, 0) is 47.9 Å². The fraction of sp³-hybridized carbons (Fsp3) is 0.214. The number of anilines is 1. The van der Waals surface area contributed by atoms with Crippen LogP contribution in [0.15, 0.2) is 66.2 Å². The number of aliphatic hydroxyl groups excluding tert-OH is 1. The summed E-state index contributed by atoms with van der Waals surface area (Å²) in [6, 6.07) is 16.3. The topological polar surface area (TPSA) is 85.3 Å². The van der Waals surface area contributed by atoms with Gasteiger partial charge in [-0.2, -0.15) is 0 Å². The lowest BCUT2D eigenvalue weighted by Gasteiger charge is -2.26. The number of nitrogens with zero attached hydrogens (tertiary/aromatic N) is 1. The monoisotopic (exact) mass is 507 g/mol. The molecule has 1 heterocycles. The molecule has 1 atom stereocenters. The van der Waals surface area contributed by atoms with E-state index in [2.05, 4.69) is 0 Å². The van der Waals surface area contributed by atoms with Gasteiger partial charge in [0.2, 0.25) is 0 Å².